The van der Waals surface area contributed by atoms with Gasteiger partial charge in [0.05, 0.1) is 31.0 Å². The number of ether oxygens (including phenoxy) is 2. The predicted molar refractivity (Wildman–Crippen MR) is 76.6 cm³/mol. The number of esters is 2. The van der Waals surface area contributed by atoms with Crippen LogP contribution in [-0.4, -0.2) is 31.3 Å². The smallest absolute Gasteiger partial charge is 0.354 e. The lowest BCUT2D eigenvalue weighted by Gasteiger charge is -2.11. The summed E-state index contributed by atoms with van der Waals surface area (Å²) in [6, 6.07) is 2.73. The Hall–Kier alpha value is -1.73. The molecule has 0 bridgehead atoms. The third-order valence-electron chi connectivity index (χ3n) is 2.17. The van der Waals surface area contributed by atoms with Crippen LogP contribution in [0, 0.1) is 0 Å². The van der Waals surface area contributed by atoms with Crippen molar-refractivity contribution in [1.29, 1.82) is 0 Å². The van der Waals surface area contributed by atoms with Crippen LogP contribution in [0.5, 0.6) is 5.75 Å². The molecule has 0 aliphatic heterocycles. The topological polar surface area (TPSA) is 84.9 Å². The number of hydrogen-bond acceptors (Lipinski definition) is 6. The molecule has 0 aliphatic rings. The van der Waals surface area contributed by atoms with Crippen molar-refractivity contribution in [2.75, 3.05) is 19.5 Å². The Labute approximate surface area is 128 Å². The average Bonchev–Trinajstić information content (AvgIpc) is 2.42. The summed E-state index contributed by atoms with van der Waals surface area (Å²) >= 11 is 8.94. The third-order valence-corrected chi connectivity index (χ3v) is 3.13. The van der Waals surface area contributed by atoms with Gasteiger partial charge in [-0.05, 0) is 22.0 Å². The van der Waals surface area contributed by atoms with Crippen molar-refractivity contribution in [3.8, 4) is 5.75 Å². The summed E-state index contributed by atoms with van der Waals surface area (Å²) < 4.78 is 9.47. The molecule has 0 heterocycles. The molecule has 0 saturated heterocycles. The van der Waals surface area contributed by atoms with Crippen LogP contribution in [0.4, 0.5) is 5.69 Å². The van der Waals surface area contributed by atoms with E-state index in [1.165, 1.54) is 26.4 Å². The maximum Gasteiger partial charge on any atom is 0.354 e. The summed E-state index contributed by atoms with van der Waals surface area (Å²) in [5.41, 5.74) is 0.175. The fourth-order valence-corrected chi connectivity index (χ4v) is 1.95. The standard InChI is InChI=1S/C12H11BrClNO5/c1-19-11(17)5-9(12(18)20-2)15-8-4-10(16)7(14)3-6(8)13/h3-5,15-16H,1-2H3/b9-5+. The molecule has 0 radical (unpaired) electrons. The second-order valence-electron chi connectivity index (χ2n) is 3.48. The van der Waals surface area contributed by atoms with Crippen LogP contribution < -0.4 is 5.32 Å². The molecule has 1 aromatic carbocycles. The Morgan fingerprint density at radius 3 is 2.55 bits per heavy atom. The fourth-order valence-electron chi connectivity index (χ4n) is 1.21. The van der Waals surface area contributed by atoms with E-state index in [1.54, 1.807) is 0 Å². The van der Waals surface area contributed by atoms with Crippen LogP contribution in [0.1, 0.15) is 0 Å². The van der Waals surface area contributed by atoms with Gasteiger partial charge in [0, 0.05) is 10.5 Å². The number of carbonyl (C=O) groups is 2. The number of phenolic OH excluding ortho intramolecular Hbond substituents is 1. The zero-order valence-electron chi connectivity index (χ0n) is 10.6. The zero-order chi connectivity index (χ0) is 15.3. The SMILES string of the molecule is COC(=O)/C=C(/Nc1cc(O)c(Cl)cc1Br)C(=O)OC. The first-order chi connectivity index (χ1) is 9.38. The number of hydrogen-bond donors (Lipinski definition) is 2. The molecular formula is C12H11BrClNO5. The summed E-state index contributed by atoms with van der Waals surface area (Å²) in [5, 5.41) is 12.3. The van der Waals surface area contributed by atoms with Gasteiger partial charge < -0.3 is 19.9 Å². The summed E-state index contributed by atoms with van der Waals surface area (Å²) in [6.07, 6.45) is 0.934. The first-order valence-electron chi connectivity index (χ1n) is 5.22. The number of carbonyl (C=O) groups excluding carboxylic acids is 2. The van der Waals surface area contributed by atoms with Gasteiger partial charge in [0.15, 0.2) is 0 Å². The second-order valence-corrected chi connectivity index (χ2v) is 4.74. The summed E-state index contributed by atoms with van der Waals surface area (Å²) in [4.78, 5) is 22.8. The number of methoxy groups -OCH3 is 2. The van der Waals surface area contributed by atoms with Crippen LogP contribution in [0.25, 0.3) is 0 Å². The van der Waals surface area contributed by atoms with E-state index in [-0.39, 0.29) is 16.5 Å². The highest BCUT2D eigenvalue weighted by atomic mass is 79.9. The molecule has 0 unspecified atom stereocenters. The molecular weight excluding hydrogens is 353 g/mol. The lowest BCUT2D eigenvalue weighted by molar-refractivity contribution is -0.138. The summed E-state index contributed by atoms with van der Waals surface area (Å²) in [5.74, 6) is -1.68. The van der Waals surface area contributed by atoms with Gasteiger partial charge in [0.25, 0.3) is 0 Å². The number of nitrogens with one attached hydrogen (secondary N) is 1. The van der Waals surface area contributed by atoms with Gasteiger partial charge in [0.1, 0.15) is 11.4 Å². The van der Waals surface area contributed by atoms with Crippen molar-refractivity contribution >= 4 is 45.2 Å². The largest absolute Gasteiger partial charge is 0.506 e. The summed E-state index contributed by atoms with van der Waals surface area (Å²) in [6.45, 7) is 0. The van der Waals surface area contributed by atoms with E-state index in [0.717, 1.165) is 6.08 Å². The summed E-state index contributed by atoms with van der Waals surface area (Å²) in [7, 11) is 2.35. The lowest BCUT2D eigenvalue weighted by Crippen LogP contribution is -2.15. The quantitative estimate of drug-likeness (QED) is 0.630. The number of rotatable bonds is 4. The first-order valence-corrected chi connectivity index (χ1v) is 6.39. The fraction of sp³-hybridized carbons (Fsp3) is 0.167. The van der Waals surface area contributed by atoms with Gasteiger partial charge in [-0.1, -0.05) is 11.6 Å². The van der Waals surface area contributed by atoms with Crippen LogP contribution in [0.15, 0.2) is 28.4 Å². The average molecular weight is 365 g/mol. The highest BCUT2D eigenvalue weighted by Crippen LogP contribution is 2.34. The first kappa shape index (κ1) is 16.3. The van der Waals surface area contributed by atoms with Crippen LogP contribution >= 0.6 is 27.5 Å². The van der Waals surface area contributed by atoms with Crippen LogP contribution in [-0.2, 0) is 19.1 Å². The van der Waals surface area contributed by atoms with Crippen molar-refractivity contribution in [1.82, 2.24) is 0 Å². The predicted octanol–water partition coefficient (Wildman–Crippen LogP) is 2.45. The molecule has 0 fully saturated rings. The van der Waals surface area contributed by atoms with E-state index >= 15 is 0 Å². The number of benzene rings is 1. The Morgan fingerprint density at radius 2 is 2.00 bits per heavy atom. The Bertz CT molecular complexity index is 573. The lowest BCUT2D eigenvalue weighted by atomic mass is 10.2. The van der Waals surface area contributed by atoms with Gasteiger partial charge in [-0.3, -0.25) is 0 Å². The molecule has 0 aromatic heterocycles. The van der Waals surface area contributed by atoms with Crippen molar-refractivity contribution in [2.45, 2.75) is 0 Å². The highest BCUT2D eigenvalue weighted by Gasteiger charge is 2.15. The molecule has 1 aromatic rings. The van der Waals surface area contributed by atoms with Crippen LogP contribution in [0.2, 0.25) is 5.02 Å². The van der Waals surface area contributed by atoms with E-state index in [9.17, 15) is 14.7 Å². The van der Waals surface area contributed by atoms with Crippen molar-refractivity contribution in [2.24, 2.45) is 0 Å². The third kappa shape index (κ3) is 4.14. The molecule has 6 nitrogen and oxygen atoms in total. The van der Waals surface area contributed by atoms with E-state index in [1.807, 2.05) is 0 Å². The van der Waals surface area contributed by atoms with Crippen LogP contribution in [0.3, 0.4) is 0 Å². The molecule has 0 spiro atoms. The van der Waals surface area contributed by atoms with E-state index in [4.69, 9.17) is 11.6 Å². The normalized spacial score (nSPS) is 10.9. The molecule has 1 rings (SSSR count). The maximum atomic E-state index is 11.6. The van der Waals surface area contributed by atoms with Gasteiger partial charge >= 0.3 is 11.9 Å². The number of halogens is 2. The van der Waals surface area contributed by atoms with E-state index < -0.39 is 11.9 Å². The Balaban J connectivity index is 3.14. The minimum atomic E-state index is -0.767. The molecule has 108 valence electrons. The van der Waals surface area contributed by atoms with Gasteiger partial charge in [-0.2, -0.15) is 0 Å². The molecule has 20 heavy (non-hydrogen) atoms. The minimum Gasteiger partial charge on any atom is -0.506 e. The molecule has 8 heteroatoms. The zero-order valence-corrected chi connectivity index (χ0v) is 12.9. The van der Waals surface area contributed by atoms with E-state index in [2.05, 4.69) is 30.7 Å². The van der Waals surface area contributed by atoms with Gasteiger partial charge in [0.2, 0.25) is 0 Å². The van der Waals surface area contributed by atoms with Crippen molar-refractivity contribution in [3.63, 3.8) is 0 Å². The Kier molecular flexibility index (Phi) is 5.84. The minimum absolute atomic E-state index is 0.138. The number of aromatic hydroxyl groups is 1. The molecule has 0 saturated carbocycles. The molecule has 2 N–H and O–H groups in total. The van der Waals surface area contributed by atoms with Gasteiger partial charge in [-0.15, -0.1) is 0 Å². The van der Waals surface area contributed by atoms with Gasteiger partial charge in [-0.25, -0.2) is 9.59 Å². The van der Waals surface area contributed by atoms with E-state index in [0.29, 0.717) is 10.2 Å². The molecule has 0 atom stereocenters. The molecule has 0 amide bonds. The second kappa shape index (κ2) is 7.16. The number of phenols is 1. The highest BCUT2D eigenvalue weighted by molar-refractivity contribution is 9.10. The maximum absolute atomic E-state index is 11.6. The monoisotopic (exact) mass is 363 g/mol. The van der Waals surface area contributed by atoms with Crippen molar-refractivity contribution < 1.29 is 24.2 Å². The molecule has 0 aliphatic carbocycles. The Morgan fingerprint density at radius 1 is 1.35 bits per heavy atom. The number of anilines is 1. The van der Waals surface area contributed by atoms with Crippen molar-refractivity contribution in [3.05, 3.63) is 33.4 Å².